The summed E-state index contributed by atoms with van der Waals surface area (Å²) in [5.41, 5.74) is 0.953. The maximum atomic E-state index is 11.7. The van der Waals surface area contributed by atoms with Crippen LogP contribution in [0.25, 0.3) is 0 Å². The van der Waals surface area contributed by atoms with E-state index in [2.05, 4.69) is 5.32 Å². The van der Waals surface area contributed by atoms with Crippen molar-refractivity contribution in [3.05, 3.63) is 29.8 Å². The van der Waals surface area contributed by atoms with E-state index in [9.17, 15) is 4.79 Å². The quantitative estimate of drug-likeness (QED) is 0.834. The summed E-state index contributed by atoms with van der Waals surface area (Å²) in [6.45, 7) is 2.59. The Morgan fingerprint density at radius 2 is 2.11 bits per heavy atom. The molecule has 1 amide bonds. The first-order valence-electron chi connectivity index (χ1n) is 6.01. The van der Waals surface area contributed by atoms with Crippen molar-refractivity contribution in [1.82, 2.24) is 5.32 Å². The van der Waals surface area contributed by atoms with Gasteiger partial charge in [0, 0.05) is 6.54 Å². The fraction of sp³-hybridized carbons (Fsp3) is 0.429. The fourth-order valence-corrected chi connectivity index (χ4v) is 1.57. The number of ether oxygens (including phenoxy) is 1. The number of amides is 1. The summed E-state index contributed by atoms with van der Waals surface area (Å²) in [4.78, 5) is 11.7. The highest BCUT2D eigenvalue weighted by Crippen LogP contribution is 2.14. The van der Waals surface area contributed by atoms with E-state index in [-0.39, 0.29) is 5.91 Å². The minimum Gasteiger partial charge on any atom is -0.497 e. The molecule has 0 aliphatic rings. The summed E-state index contributed by atoms with van der Waals surface area (Å²) >= 11 is 0. The van der Waals surface area contributed by atoms with Gasteiger partial charge in [-0.15, -0.1) is 0 Å². The number of nitrogens with zero attached hydrogens (tertiary/aromatic N) is 1. The second kappa shape index (κ2) is 7.33. The van der Waals surface area contributed by atoms with Crippen LogP contribution in [-0.2, 0) is 11.2 Å². The molecular weight excluding hydrogens is 228 g/mol. The average molecular weight is 246 g/mol. The van der Waals surface area contributed by atoms with Crippen molar-refractivity contribution in [2.75, 3.05) is 13.7 Å². The molecule has 18 heavy (non-hydrogen) atoms. The first-order chi connectivity index (χ1) is 8.71. The lowest BCUT2D eigenvalue weighted by molar-refractivity contribution is -0.123. The van der Waals surface area contributed by atoms with Crippen LogP contribution in [0.15, 0.2) is 24.3 Å². The standard InChI is InChI=1S/C14H18N2O2/c1-3-8-16-14(17)12(10-15)9-11-4-6-13(18-2)7-5-11/h4-7,12H,3,8-9H2,1-2H3,(H,16,17). The molecule has 0 aromatic heterocycles. The summed E-state index contributed by atoms with van der Waals surface area (Å²) in [6.07, 6.45) is 1.29. The Hall–Kier alpha value is -2.02. The minimum absolute atomic E-state index is 0.199. The highest BCUT2D eigenvalue weighted by molar-refractivity contribution is 5.81. The van der Waals surface area contributed by atoms with Gasteiger partial charge in [-0.3, -0.25) is 4.79 Å². The van der Waals surface area contributed by atoms with Crippen LogP contribution < -0.4 is 10.1 Å². The Morgan fingerprint density at radius 3 is 2.61 bits per heavy atom. The molecule has 1 rings (SSSR count). The number of benzene rings is 1. The highest BCUT2D eigenvalue weighted by Gasteiger charge is 2.17. The van der Waals surface area contributed by atoms with Crippen LogP contribution in [0, 0.1) is 17.2 Å². The Kier molecular flexibility index (Phi) is 5.72. The van der Waals surface area contributed by atoms with Gasteiger partial charge in [0.05, 0.1) is 13.2 Å². The van der Waals surface area contributed by atoms with Crippen LogP contribution in [0.1, 0.15) is 18.9 Å². The Balaban J connectivity index is 2.62. The predicted molar refractivity (Wildman–Crippen MR) is 69.1 cm³/mol. The van der Waals surface area contributed by atoms with Gasteiger partial charge in [0.2, 0.25) is 5.91 Å². The number of hydrogen-bond donors (Lipinski definition) is 1. The van der Waals surface area contributed by atoms with Gasteiger partial charge in [-0.05, 0) is 30.5 Å². The molecule has 0 bridgehead atoms. The van der Waals surface area contributed by atoms with E-state index in [0.717, 1.165) is 17.7 Å². The van der Waals surface area contributed by atoms with Gasteiger partial charge in [-0.2, -0.15) is 5.26 Å². The molecule has 0 spiro atoms. The largest absolute Gasteiger partial charge is 0.497 e. The van der Waals surface area contributed by atoms with Crippen LogP contribution in [0.4, 0.5) is 0 Å². The second-order valence-corrected chi connectivity index (χ2v) is 4.02. The van der Waals surface area contributed by atoms with E-state index in [4.69, 9.17) is 10.00 Å². The molecule has 96 valence electrons. The molecule has 0 saturated heterocycles. The molecule has 1 atom stereocenters. The van der Waals surface area contributed by atoms with E-state index in [0.29, 0.717) is 13.0 Å². The van der Waals surface area contributed by atoms with Crippen LogP contribution in [0.3, 0.4) is 0 Å². The van der Waals surface area contributed by atoms with Crippen LogP contribution >= 0.6 is 0 Å². The Morgan fingerprint density at radius 1 is 1.44 bits per heavy atom. The lowest BCUT2D eigenvalue weighted by atomic mass is 10.00. The first-order valence-corrected chi connectivity index (χ1v) is 6.01. The molecule has 0 radical (unpaired) electrons. The number of carbonyl (C=O) groups excluding carboxylic acids is 1. The lowest BCUT2D eigenvalue weighted by Crippen LogP contribution is -2.31. The lowest BCUT2D eigenvalue weighted by Gasteiger charge is -2.10. The topological polar surface area (TPSA) is 62.1 Å². The van der Waals surface area contributed by atoms with Crippen molar-refractivity contribution in [2.45, 2.75) is 19.8 Å². The number of nitrogens with one attached hydrogen (secondary N) is 1. The highest BCUT2D eigenvalue weighted by atomic mass is 16.5. The van der Waals surface area contributed by atoms with E-state index < -0.39 is 5.92 Å². The van der Waals surface area contributed by atoms with E-state index in [1.165, 1.54) is 0 Å². The number of nitriles is 1. The molecule has 0 saturated carbocycles. The zero-order valence-electron chi connectivity index (χ0n) is 10.8. The average Bonchev–Trinajstić information content (AvgIpc) is 2.42. The van der Waals surface area contributed by atoms with Crippen LogP contribution in [0.5, 0.6) is 5.75 Å². The molecule has 4 nitrogen and oxygen atoms in total. The van der Waals surface area contributed by atoms with Crippen molar-refractivity contribution < 1.29 is 9.53 Å². The molecule has 0 fully saturated rings. The summed E-state index contributed by atoms with van der Waals surface area (Å²) in [5, 5.41) is 11.8. The Labute approximate surface area is 108 Å². The SMILES string of the molecule is CCCNC(=O)C(C#N)Cc1ccc(OC)cc1. The van der Waals surface area contributed by atoms with Crippen molar-refractivity contribution in [1.29, 1.82) is 5.26 Å². The van der Waals surface area contributed by atoms with Gasteiger partial charge in [-0.25, -0.2) is 0 Å². The molecule has 1 unspecified atom stereocenters. The zero-order chi connectivity index (χ0) is 13.4. The maximum absolute atomic E-state index is 11.7. The van der Waals surface area contributed by atoms with Crippen molar-refractivity contribution >= 4 is 5.91 Å². The van der Waals surface area contributed by atoms with Gasteiger partial charge < -0.3 is 10.1 Å². The molecule has 0 aliphatic heterocycles. The van der Waals surface area contributed by atoms with Crippen LogP contribution in [-0.4, -0.2) is 19.6 Å². The number of methoxy groups -OCH3 is 1. The third-order valence-corrected chi connectivity index (χ3v) is 2.62. The molecule has 4 heteroatoms. The minimum atomic E-state index is -0.634. The normalized spacial score (nSPS) is 11.4. The summed E-state index contributed by atoms with van der Waals surface area (Å²) in [6, 6.07) is 9.44. The molecule has 1 aromatic carbocycles. The molecule has 0 heterocycles. The predicted octanol–water partition coefficient (Wildman–Crippen LogP) is 1.90. The first kappa shape index (κ1) is 14.0. The molecule has 0 aliphatic carbocycles. The van der Waals surface area contributed by atoms with Crippen LogP contribution in [0.2, 0.25) is 0 Å². The van der Waals surface area contributed by atoms with Crippen molar-refractivity contribution in [3.8, 4) is 11.8 Å². The van der Waals surface area contributed by atoms with Crippen molar-refractivity contribution in [3.63, 3.8) is 0 Å². The maximum Gasteiger partial charge on any atom is 0.237 e. The van der Waals surface area contributed by atoms with Gasteiger partial charge in [0.25, 0.3) is 0 Å². The summed E-state index contributed by atoms with van der Waals surface area (Å²) < 4.78 is 5.06. The fourth-order valence-electron chi connectivity index (χ4n) is 1.57. The van der Waals surface area contributed by atoms with Gasteiger partial charge in [0.15, 0.2) is 0 Å². The monoisotopic (exact) mass is 246 g/mol. The van der Waals surface area contributed by atoms with Gasteiger partial charge in [-0.1, -0.05) is 19.1 Å². The van der Waals surface area contributed by atoms with Gasteiger partial charge >= 0.3 is 0 Å². The zero-order valence-corrected chi connectivity index (χ0v) is 10.8. The van der Waals surface area contributed by atoms with E-state index in [1.54, 1.807) is 7.11 Å². The summed E-state index contributed by atoms with van der Waals surface area (Å²) in [7, 11) is 1.60. The number of hydrogen-bond acceptors (Lipinski definition) is 3. The third kappa shape index (κ3) is 4.10. The second-order valence-electron chi connectivity index (χ2n) is 4.02. The smallest absolute Gasteiger partial charge is 0.237 e. The number of rotatable bonds is 6. The van der Waals surface area contributed by atoms with E-state index in [1.807, 2.05) is 37.3 Å². The van der Waals surface area contributed by atoms with Gasteiger partial charge in [0.1, 0.15) is 11.7 Å². The van der Waals surface area contributed by atoms with Crippen molar-refractivity contribution in [2.24, 2.45) is 5.92 Å². The van der Waals surface area contributed by atoms with E-state index >= 15 is 0 Å². The molecule has 1 N–H and O–H groups in total. The number of carbonyl (C=O) groups is 1. The molecular formula is C14H18N2O2. The summed E-state index contributed by atoms with van der Waals surface area (Å²) in [5.74, 6) is -0.0668. The molecule has 1 aromatic rings. The Bertz CT molecular complexity index is 420. The third-order valence-electron chi connectivity index (χ3n) is 2.62.